The Bertz CT molecular complexity index is 313. The van der Waals surface area contributed by atoms with Crippen molar-refractivity contribution in [1.29, 1.82) is 0 Å². The van der Waals surface area contributed by atoms with Crippen LogP contribution < -0.4 is 74.6 Å². The van der Waals surface area contributed by atoms with E-state index in [1.807, 2.05) is 0 Å². The summed E-state index contributed by atoms with van der Waals surface area (Å²) < 4.78 is 13.4. The van der Waals surface area contributed by atoms with E-state index in [-0.39, 0.29) is 59.1 Å². The maximum atomic E-state index is 10.9. The first-order valence-electron chi connectivity index (χ1n) is 4.26. The van der Waals surface area contributed by atoms with Crippen LogP contribution in [0.3, 0.4) is 0 Å². The molecule has 4 atom stereocenters. The molecule has 0 fully saturated rings. The van der Waals surface area contributed by atoms with Gasteiger partial charge in [-0.25, -0.2) is 0 Å². The molecule has 13 heteroatoms. The molecule has 0 saturated carbocycles. The largest absolute Gasteiger partial charge is 1.00 e. The second-order valence-electron chi connectivity index (χ2n) is 3.11. The minimum atomic E-state index is -5.61. The summed E-state index contributed by atoms with van der Waals surface area (Å²) in [6.45, 7) is -0.929. The summed E-state index contributed by atoms with van der Waals surface area (Å²) in [5.74, 6) is -1.78. The first kappa shape index (κ1) is 25.4. The second-order valence-corrected chi connectivity index (χ2v) is 4.19. The standard InChI is InChI=1S/C6H14NO9P.2Na/c7-3(6(12)16-17(13,14)15)5(11)4(10)2(9)1-8;;/h2-5,8-11H,1,7H2,(H2,13,14,15);;/q;2*+1/p-2/t2-,3-,4-,5-;;/m1../s1. The van der Waals surface area contributed by atoms with Crippen LogP contribution >= 0.6 is 7.82 Å². The molecule has 0 bridgehead atoms. The monoisotopic (exact) mass is 319 g/mol. The number of carbonyl (C=O) groups excluding carboxylic acids is 1. The molecule has 0 aliphatic rings. The number of phosphoric acid groups is 1. The van der Waals surface area contributed by atoms with Gasteiger partial charge in [-0.05, 0) is 0 Å². The summed E-state index contributed by atoms with van der Waals surface area (Å²) in [6.07, 6.45) is -5.92. The SMILES string of the molecule is N[C@@H](C(=O)OP(=O)([O-])[O-])[C@@H](O)[C@H](O)[C@H](O)CO.[Na+].[Na+]. The van der Waals surface area contributed by atoms with E-state index < -0.39 is 44.8 Å². The van der Waals surface area contributed by atoms with E-state index >= 15 is 0 Å². The van der Waals surface area contributed by atoms with E-state index in [2.05, 4.69) is 4.52 Å². The molecule has 10 nitrogen and oxygen atoms in total. The van der Waals surface area contributed by atoms with Crippen molar-refractivity contribution in [2.24, 2.45) is 5.73 Å². The topological polar surface area (TPSA) is 196 Å². The third-order valence-electron chi connectivity index (χ3n) is 1.77. The van der Waals surface area contributed by atoms with Gasteiger partial charge >= 0.3 is 65.1 Å². The molecule has 0 aliphatic carbocycles. The molecule has 0 amide bonds. The zero-order valence-corrected chi connectivity index (χ0v) is 15.3. The number of hydrogen-bond donors (Lipinski definition) is 5. The third kappa shape index (κ3) is 9.88. The second kappa shape index (κ2) is 11.0. The number of aliphatic hydroxyl groups excluding tert-OH is 4. The number of carbonyl (C=O) groups is 1. The zero-order valence-electron chi connectivity index (χ0n) is 10.4. The summed E-state index contributed by atoms with van der Waals surface area (Å²) >= 11 is 0. The fourth-order valence-electron chi connectivity index (χ4n) is 0.859. The molecule has 6 N–H and O–H groups in total. The first-order chi connectivity index (χ1) is 7.60. The smallest absolute Gasteiger partial charge is 0.780 e. The minimum absolute atomic E-state index is 0. The van der Waals surface area contributed by atoms with Gasteiger partial charge in [-0.2, -0.15) is 0 Å². The van der Waals surface area contributed by atoms with Crippen molar-refractivity contribution in [3.8, 4) is 0 Å². The average Bonchev–Trinajstić information content (AvgIpc) is 2.22. The van der Waals surface area contributed by atoms with Gasteiger partial charge in [0.25, 0.3) is 0 Å². The molecule has 0 radical (unpaired) electrons. The molecule has 0 heterocycles. The molecule has 0 aliphatic heterocycles. The molecular weight excluding hydrogens is 307 g/mol. The van der Waals surface area contributed by atoms with Crippen LogP contribution in [0.1, 0.15) is 0 Å². The molecule has 0 spiro atoms. The minimum Gasteiger partial charge on any atom is -0.780 e. The number of hydrogen-bond acceptors (Lipinski definition) is 10. The number of aliphatic hydroxyl groups is 4. The molecule has 0 aromatic heterocycles. The first-order valence-corrected chi connectivity index (χ1v) is 5.72. The van der Waals surface area contributed by atoms with E-state index in [0.717, 1.165) is 0 Å². The van der Waals surface area contributed by atoms with Gasteiger partial charge in [0.15, 0.2) is 0 Å². The summed E-state index contributed by atoms with van der Waals surface area (Å²) in [5.41, 5.74) is 4.99. The van der Waals surface area contributed by atoms with Crippen molar-refractivity contribution < 1.29 is 103 Å². The molecule has 0 rings (SSSR count). The van der Waals surface area contributed by atoms with Crippen LogP contribution in [-0.2, 0) is 13.9 Å². The van der Waals surface area contributed by atoms with Gasteiger partial charge in [0, 0.05) is 0 Å². The van der Waals surface area contributed by atoms with E-state index in [9.17, 15) is 24.3 Å². The van der Waals surface area contributed by atoms with E-state index in [4.69, 9.17) is 21.1 Å². The predicted molar refractivity (Wildman–Crippen MR) is 46.8 cm³/mol. The van der Waals surface area contributed by atoms with E-state index in [1.54, 1.807) is 0 Å². The van der Waals surface area contributed by atoms with Crippen LogP contribution in [0.15, 0.2) is 0 Å². The predicted octanol–water partition coefficient (Wildman–Crippen LogP) is -11.2. The van der Waals surface area contributed by atoms with E-state index in [0.29, 0.717) is 0 Å². The van der Waals surface area contributed by atoms with Gasteiger partial charge < -0.3 is 45.0 Å². The molecule has 102 valence electrons. The van der Waals surface area contributed by atoms with Gasteiger partial charge in [-0.15, -0.1) is 0 Å². The van der Waals surface area contributed by atoms with Crippen LogP contribution in [0.5, 0.6) is 0 Å². The van der Waals surface area contributed by atoms with Crippen LogP contribution in [0.4, 0.5) is 0 Å². The van der Waals surface area contributed by atoms with Gasteiger partial charge in [-0.1, -0.05) is 0 Å². The summed E-state index contributed by atoms with van der Waals surface area (Å²) in [7, 11) is -5.61. The Labute approximate surface area is 152 Å². The van der Waals surface area contributed by atoms with Crippen molar-refractivity contribution in [2.45, 2.75) is 24.4 Å². The van der Waals surface area contributed by atoms with E-state index in [1.165, 1.54) is 0 Å². The quantitative estimate of drug-likeness (QED) is 0.231. The van der Waals surface area contributed by atoms with Crippen LogP contribution in [0.2, 0.25) is 0 Å². The van der Waals surface area contributed by atoms with Crippen LogP contribution in [-0.4, -0.2) is 57.4 Å². The fraction of sp³-hybridized carbons (Fsp3) is 0.833. The van der Waals surface area contributed by atoms with Crippen molar-refractivity contribution in [2.75, 3.05) is 6.61 Å². The summed E-state index contributed by atoms with van der Waals surface area (Å²) in [6, 6.07) is -2.07. The zero-order chi connectivity index (χ0) is 13.8. The Morgan fingerprint density at radius 3 is 1.95 bits per heavy atom. The number of nitrogens with two attached hydrogens (primary N) is 1. The summed E-state index contributed by atoms with van der Waals surface area (Å²) in [5, 5.41) is 35.7. The number of rotatable bonds is 6. The Morgan fingerprint density at radius 2 is 1.63 bits per heavy atom. The van der Waals surface area contributed by atoms with Crippen molar-refractivity contribution >= 4 is 13.8 Å². The maximum absolute atomic E-state index is 10.9. The van der Waals surface area contributed by atoms with Gasteiger partial charge in [0.1, 0.15) is 32.2 Å². The van der Waals surface area contributed by atoms with Crippen molar-refractivity contribution in [3.05, 3.63) is 0 Å². The maximum Gasteiger partial charge on any atom is 1.00 e. The van der Waals surface area contributed by atoms with Gasteiger partial charge in [-0.3, -0.25) is 4.79 Å². The van der Waals surface area contributed by atoms with Crippen LogP contribution in [0.25, 0.3) is 0 Å². The fourth-order valence-corrected chi connectivity index (χ4v) is 1.20. The normalized spacial score (nSPS) is 17.2. The van der Waals surface area contributed by atoms with Gasteiger partial charge in [0.2, 0.25) is 0 Å². The molecule has 0 saturated heterocycles. The Hall–Kier alpha value is 1.42. The molecule has 0 aromatic carbocycles. The average molecular weight is 319 g/mol. The van der Waals surface area contributed by atoms with Crippen molar-refractivity contribution in [3.63, 3.8) is 0 Å². The van der Waals surface area contributed by atoms with Crippen LogP contribution in [0, 0.1) is 0 Å². The molecule has 0 aromatic rings. The Kier molecular flexibility index (Phi) is 14.8. The number of phosphoric ester groups is 1. The summed E-state index contributed by atoms with van der Waals surface area (Å²) in [4.78, 5) is 31.0. The van der Waals surface area contributed by atoms with Gasteiger partial charge in [0.05, 0.1) is 6.61 Å². The molecular formula is C6H12NNa2O9P. The van der Waals surface area contributed by atoms with Crippen molar-refractivity contribution in [1.82, 2.24) is 0 Å². The molecule has 19 heavy (non-hydrogen) atoms. The third-order valence-corrected chi connectivity index (χ3v) is 2.18. The Balaban J connectivity index is -0.00000128. The molecule has 0 unspecified atom stereocenters. The Morgan fingerprint density at radius 1 is 1.21 bits per heavy atom.